The van der Waals surface area contributed by atoms with Crippen LogP contribution in [0.1, 0.15) is 27.2 Å². The molecule has 122 valence electrons. The number of amides is 1. The van der Waals surface area contributed by atoms with Gasteiger partial charge in [0.1, 0.15) is 0 Å². The fraction of sp³-hybridized carbons (Fsp3) is 0.167. The molecule has 3 aromatic rings. The Hall–Kier alpha value is -3.15. The van der Waals surface area contributed by atoms with E-state index in [1.807, 2.05) is 62.4 Å². The van der Waals surface area contributed by atoms with Crippen LogP contribution in [-0.4, -0.2) is 20.9 Å². The molecule has 0 atom stereocenters. The van der Waals surface area contributed by atoms with Gasteiger partial charge in [0, 0.05) is 5.69 Å². The van der Waals surface area contributed by atoms with Crippen molar-refractivity contribution in [2.75, 3.05) is 11.1 Å². The maximum Gasteiger partial charge on any atom is 0.280 e. The van der Waals surface area contributed by atoms with Crippen molar-refractivity contribution >= 4 is 17.4 Å². The quantitative estimate of drug-likeness (QED) is 0.773. The molecule has 1 amide bonds. The molecule has 0 aliphatic rings. The summed E-state index contributed by atoms with van der Waals surface area (Å²) in [4.78, 5) is 12.3. The van der Waals surface area contributed by atoms with Crippen molar-refractivity contribution in [1.29, 1.82) is 0 Å². The zero-order valence-electron chi connectivity index (χ0n) is 13.7. The highest BCUT2D eigenvalue weighted by molar-refractivity contribution is 6.05. The number of carbonyl (C=O) groups is 1. The lowest BCUT2D eigenvalue weighted by Gasteiger charge is -2.06. The van der Waals surface area contributed by atoms with Gasteiger partial charge >= 0.3 is 0 Å². The van der Waals surface area contributed by atoms with Crippen LogP contribution in [0.15, 0.2) is 48.5 Å². The first-order chi connectivity index (χ1) is 11.5. The smallest absolute Gasteiger partial charge is 0.280 e. The van der Waals surface area contributed by atoms with E-state index in [0.717, 1.165) is 11.1 Å². The Labute approximate surface area is 140 Å². The molecule has 0 bridgehead atoms. The molecule has 0 aliphatic carbocycles. The molecule has 0 saturated carbocycles. The van der Waals surface area contributed by atoms with Crippen molar-refractivity contribution in [3.63, 3.8) is 0 Å². The number of nitrogens with one attached hydrogen (secondary N) is 1. The van der Waals surface area contributed by atoms with Gasteiger partial charge in [-0.3, -0.25) is 4.79 Å². The van der Waals surface area contributed by atoms with Gasteiger partial charge < -0.3 is 11.1 Å². The molecule has 0 spiro atoms. The SMILES string of the molecule is Cc1ccc(Cn2nnc(C(=O)Nc3cccc(C)c3)c2N)cc1. The Balaban J connectivity index is 1.76. The van der Waals surface area contributed by atoms with Crippen LogP contribution < -0.4 is 11.1 Å². The molecule has 0 aliphatic heterocycles. The van der Waals surface area contributed by atoms with Gasteiger partial charge in [0.2, 0.25) is 0 Å². The lowest BCUT2D eigenvalue weighted by Crippen LogP contribution is -2.15. The molecule has 6 nitrogen and oxygen atoms in total. The van der Waals surface area contributed by atoms with Crippen LogP contribution in [-0.2, 0) is 6.54 Å². The molecule has 3 N–H and O–H groups in total. The Kier molecular flexibility index (Phi) is 4.29. The van der Waals surface area contributed by atoms with E-state index in [2.05, 4.69) is 15.6 Å². The summed E-state index contributed by atoms with van der Waals surface area (Å²) in [6.07, 6.45) is 0. The molecule has 2 aromatic carbocycles. The number of anilines is 2. The maximum absolute atomic E-state index is 12.3. The minimum atomic E-state index is -0.367. The van der Waals surface area contributed by atoms with E-state index in [1.165, 1.54) is 10.2 Å². The van der Waals surface area contributed by atoms with Gasteiger partial charge in [0.15, 0.2) is 11.5 Å². The molecule has 1 heterocycles. The average Bonchev–Trinajstić information content (AvgIpc) is 2.91. The molecule has 24 heavy (non-hydrogen) atoms. The highest BCUT2D eigenvalue weighted by Crippen LogP contribution is 2.15. The lowest BCUT2D eigenvalue weighted by atomic mass is 10.1. The molecule has 0 radical (unpaired) electrons. The predicted molar refractivity (Wildman–Crippen MR) is 93.8 cm³/mol. The van der Waals surface area contributed by atoms with Crippen molar-refractivity contribution in [1.82, 2.24) is 15.0 Å². The van der Waals surface area contributed by atoms with E-state index >= 15 is 0 Å². The van der Waals surface area contributed by atoms with Crippen LogP contribution in [0.2, 0.25) is 0 Å². The van der Waals surface area contributed by atoms with E-state index < -0.39 is 0 Å². The first kappa shape index (κ1) is 15.7. The van der Waals surface area contributed by atoms with Crippen LogP contribution in [0.3, 0.4) is 0 Å². The Morgan fingerprint density at radius 3 is 2.58 bits per heavy atom. The number of benzene rings is 2. The molecule has 0 saturated heterocycles. The maximum atomic E-state index is 12.3. The normalized spacial score (nSPS) is 10.6. The van der Waals surface area contributed by atoms with Crippen molar-refractivity contribution < 1.29 is 4.79 Å². The number of nitrogens with two attached hydrogens (primary N) is 1. The summed E-state index contributed by atoms with van der Waals surface area (Å²) in [6.45, 7) is 4.46. The fourth-order valence-electron chi connectivity index (χ4n) is 2.38. The van der Waals surface area contributed by atoms with E-state index in [1.54, 1.807) is 0 Å². The summed E-state index contributed by atoms with van der Waals surface area (Å²) < 4.78 is 1.52. The first-order valence-corrected chi connectivity index (χ1v) is 7.65. The number of nitrogen functional groups attached to an aromatic ring is 1. The van der Waals surface area contributed by atoms with Crippen LogP contribution in [0.25, 0.3) is 0 Å². The molecular formula is C18H19N5O. The molecular weight excluding hydrogens is 302 g/mol. The third kappa shape index (κ3) is 3.43. The summed E-state index contributed by atoms with van der Waals surface area (Å²) in [5.41, 5.74) is 10.2. The number of hydrogen-bond acceptors (Lipinski definition) is 4. The minimum absolute atomic E-state index is 0.128. The number of hydrogen-bond donors (Lipinski definition) is 2. The van der Waals surface area contributed by atoms with Crippen LogP contribution in [0.5, 0.6) is 0 Å². The van der Waals surface area contributed by atoms with Crippen LogP contribution in [0, 0.1) is 13.8 Å². The lowest BCUT2D eigenvalue weighted by molar-refractivity contribution is 0.102. The second-order valence-electron chi connectivity index (χ2n) is 5.79. The largest absolute Gasteiger partial charge is 0.382 e. The van der Waals surface area contributed by atoms with Gasteiger partial charge in [-0.05, 0) is 37.1 Å². The first-order valence-electron chi connectivity index (χ1n) is 7.65. The third-order valence-electron chi connectivity index (χ3n) is 3.72. The monoisotopic (exact) mass is 321 g/mol. The molecule has 6 heteroatoms. The van der Waals surface area contributed by atoms with Gasteiger partial charge in [-0.1, -0.05) is 47.2 Å². The summed E-state index contributed by atoms with van der Waals surface area (Å²) >= 11 is 0. The van der Waals surface area contributed by atoms with Gasteiger partial charge in [0.25, 0.3) is 5.91 Å². The third-order valence-corrected chi connectivity index (χ3v) is 3.72. The fourth-order valence-corrected chi connectivity index (χ4v) is 2.38. The predicted octanol–water partition coefficient (Wildman–Crippen LogP) is 2.78. The molecule has 1 aromatic heterocycles. The summed E-state index contributed by atoms with van der Waals surface area (Å²) in [5, 5.41) is 10.7. The highest BCUT2D eigenvalue weighted by Gasteiger charge is 2.17. The Morgan fingerprint density at radius 1 is 1.12 bits per heavy atom. The Morgan fingerprint density at radius 2 is 1.88 bits per heavy atom. The average molecular weight is 321 g/mol. The van der Waals surface area contributed by atoms with Crippen molar-refractivity contribution in [3.05, 3.63) is 70.9 Å². The zero-order chi connectivity index (χ0) is 17.1. The van der Waals surface area contributed by atoms with Gasteiger partial charge in [0.05, 0.1) is 6.54 Å². The van der Waals surface area contributed by atoms with Crippen molar-refractivity contribution in [2.24, 2.45) is 0 Å². The van der Waals surface area contributed by atoms with E-state index in [9.17, 15) is 4.79 Å². The van der Waals surface area contributed by atoms with Crippen molar-refractivity contribution in [2.45, 2.75) is 20.4 Å². The number of aromatic nitrogens is 3. The minimum Gasteiger partial charge on any atom is -0.382 e. The molecule has 0 fully saturated rings. The standard InChI is InChI=1S/C18H19N5O/c1-12-6-8-14(9-7-12)11-23-17(19)16(21-22-23)18(24)20-15-5-3-4-13(2)10-15/h3-10H,11,19H2,1-2H3,(H,20,24). The second-order valence-corrected chi connectivity index (χ2v) is 5.79. The number of rotatable bonds is 4. The van der Waals surface area contributed by atoms with E-state index in [-0.39, 0.29) is 17.4 Å². The topological polar surface area (TPSA) is 85.8 Å². The van der Waals surface area contributed by atoms with Gasteiger partial charge in [-0.15, -0.1) is 5.10 Å². The summed E-state index contributed by atoms with van der Waals surface area (Å²) in [5.74, 6) is -0.117. The zero-order valence-corrected chi connectivity index (χ0v) is 13.7. The van der Waals surface area contributed by atoms with Crippen LogP contribution in [0.4, 0.5) is 11.5 Å². The van der Waals surface area contributed by atoms with E-state index in [0.29, 0.717) is 12.2 Å². The van der Waals surface area contributed by atoms with Crippen LogP contribution >= 0.6 is 0 Å². The molecule has 0 unspecified atom stereocenters. The number of aryl methyl sites for hydroxylation is 2. The van der Waals surface area contributed by atoms with E-state index in [4.69, 9.17) is 5.73 Å². The molecule has 3 rings (SSSR count). The number of nitrogens with zero attached hydrogens (tertiary/aromatic N) is 3. The van der Waals surface area contributed by atoms with Gasteiger partial charge in [-0.2, -0.15) is 0 Å². The Bertz CT molecular complexity index is 867. The summed E-state index contributed by atoms with van der Waals surface area (Å²) in [7, 11) is 0. The van der Waals surface area contributed by atoms with Gasteiger partial charge in [-0.25, -0.2) is 4.68 Å². The second kappa shape index (κ2) is 6.54. The summed E-state index contributed by atoms with van der Waals surface area (Å²) in [6, 6.07) is 15.6. The highest BCUT2D eigenvalue weighted by atomic mass is 16.2. The number of carbonyl (C=O) groups excluding carboxylic acids is 1. The van der Waals surface area contributed by atoms with Crippen molar-refractivity contribution in [3.8, 4) is 0 Å².